The summed E-state index contributed by atoms with van der Waals surface area (Å²) in [5.74, 6) is -0.796. The standard InChI is InChI=1S/C6H7N3O9/c10-7(11)16-4-2-1-3(2)5(17-8(12)13)6(4)18-9(14)15/h2-6H,1H2. The summed E-state index contributed by atoms with van der Waals surface area (Å²) < 4.78 is 0. The predicted molar refractivity (Wildman–Crippen MR) is 47.2 cm³/mol. The monoisotopic (exact) mass is 265 g/mol. The van der Waals surface area contributed by atoms with Crippen molar-refractivity contribution >= 4 is 0 Å². The lowest BCUT2D eigenvalue weighted by Crippen LogP contribution is -2.42. The predicted octanol–water partition coefficient (Wildman–Crippen LogP) is -0.633. The number of hydrogen-bond acceptors (Lipinski definition) is 9. The molecule has 12 nitrogen and oxygen atoms in total. The van der Waals surface area contributed by atoms with E-state index in [4.69, 9.17) is 0 Å². The Balaban J connectivity index is 2.12. The Morgan fingerprint density at radius 1 is 0.722 bits per heavy atom. The molecule has 2 saturated carbocycles. The third-order valence-corrected chi connectivity index (χ3v) is 3.01. The van der Waals surface area contributed by atoms with Gasteiger partial charge in [-0.05, 0) is 18.3 Å². The van der Waals surface area contributed by atoms with Gasteiger partial charge in [-0.2, -0.15) is 0 Å². The Bertz CT molecular complexity index is 372. The van der Waals surface area contributed by atoms with Crippen molar-refractivity contribution in [3.8, 4) is 0 Å². The van der Waals surface area contributed by atoms with E-state index >= 15 is 0 Å². The fourth-order valence-electron chi connectivity index (χ4n) is 2.36. The molecule has 4 atom stereocenters. The average molecular weight is 265 g/mol. The van der Waals surface area contributed by atoms with Crippen LogP contribution in [0.15, 0.2) is 0 Å². The lowest BCUT2D eigenvalue weighted by atomic mass is 10.1. The van der Waals surface area contributed by atoms with Crippen molar-refractivity contribution in [3.63, 3.8) is 0 Å². The van der Waals surface area contributed by atoms with Crippen LogP contribution in [0.25, 0.3) is 0 Å². The zero-order chi connectivity index (χ0) is 13.4. The molecule has 2 aliphatic rings. The van der Waals surface area contributed by atoms with Crippen LogP contribution in [-0.4, -0.2) is 33.6 Å². The fourth-order valence-corrected chi connectivity index (χ4v) is 2.36. The van der Waals surface area contributed by atoms with Crippen LogP contribution in [-0.2, 0) is 14.5 Å². The molecular formula is C6H7N3O9. The van der Waals surface area contributed by atoms with Crippen molar-refractivity contribution in [2.75, 3.05) is 0 Å². The number of hydrogen-bond donors (Lipinski definition) is 0. The van der Waals surface area contributed by atoms with E-state index in [1.165, 1.54) is 0 Å². The summed E-state index contributed by atoms with van der Waals surface area (Å²) in [6.07, 6.45) is -3.51. The molecule has 2 fully saturated rings. The van der Waals surface area contributed by atoms with E-state index in [1.54, 1.807) is 0 Å². The summed E-state index contributed by atoms with van der Waals surface area (Å²) in [7, 11) is 0. The number of nitrogens with zero attached hydrogens (tertiary/aromatic N) is 3. The Morgan fingerprint density at radius 3 is 1.39 bits per heavy atom. The SMILES string of the molecule is O=[N+]([O-])OC1C2CC2C(O[N+](=O)[O-])C1O[N+](=O)[O-]. The van der Waals surface area contributed by atoms with Crippen LogP contribution < -0.4 is 0 Å². The van der Waals surface area contributed by atoms with Gasteiger partial charge in [0.25, 0.3) is 15.3 Å². The minimum Gasteiger partial charge on any atom is -0.308 e. The molecule has 4 unspecified atom stereocenters. The van der Waals surface area contributed by atoms with E-state index in [0.29, 0.717) is 6.42 Å². The maximum Gasteiger partial charge on any atom is 0.294 e. The van der Waals surface area contributed by atoms with Crippen molar-refractivity contribution < 1.29 is 29.8 Å². The number of fused-ring (bicyclic) bond motifs is 1. The second kappa shape index (κ2) is 4.12. The van der Waals surface area contributed by atoms with Crippen LogP contribution in [0.2, 0.25) is 0 Å². The molecule has 0 N–H and O–H groups in total. The van der Waals surface area contributed by atoms with Gasteiger partial charge in [0.1, 0.15) is 12.2 Å². The fraction of sp³-hybridized carbons (Fsp3) is 1.00. The summed E-state index contributed by atoms with van der Waals surface area (Å²) >= 11 is 0. The molecular weight excluding hydrogens is 258 g/mol. The molecule has 0 heterocycles. The maximum atomic E-state index is 10.3. The summed E-state index contributed by atoms with van der Waals surface area (Å²) in [6.45, 7) is 0. The molecule has 18 heavy (non-hydrogen) atoms. The largest absolute Gasteiger partial charge is 0.308 e. The lowest BCUT2D eigenvalue weighted by molar-refractivity contribution is -0.814. The Labute approximate surface area is 97.7 Å². The van der Waals surface area contributed by atoms with Gasteiger partial charge in [-0.15, -0.1) is 30.3 Å². The second-order valence-corrected chi connectivity index (χ2v) is 3.94. The first-order valence-corrected chi connectivity index (χ1v) is 4.83. The van der Waals surface area contributed by atoms with Gasteiger partial charge < -0.3 is 14.5 Å². The second-order valence-electron chi connectivity index (χ2n) is 3.94. The van der Waals surface area contributed by atoms with E-state index in [1.807, 2.05) is 0 Å². The van der Waals surface area contributed by atoms with E-state index in [-0.39, 0.29) is 0 Å². The van der Waals surface area contributed by atoms with Crippen LogP contribution in [0, 0.1) is 42.2 Å². The van der Waals surface area contributed by atoms with Gasteiger partial charge in [0.15, 0.2) is 6.10 Å². The van der Waals surface area contributed by atoms with Crippen molar-refractivity contribution in [1.29, 1.82) is 0 Å². The van der Waals surface area contributed by atoms with E-state index in [2.05, 4.69) is 14.5 Å². The highest BCUT2D eigenvalue weighted by Gasteiger charge is 2.65. The summed E-state index contributed by atoms with van der Waals surface area (Å²) in [5.41, 5.74) is 0. The molecule has 0 aromatic carbocycles. The third-order valence-electron chi connectivity index (χ3n) is 3.01. The Kier molecular flexibility index (Phi) is 2.76. The smallest absolute Gasteiger partial charge is 0.294 e. The van der Waals surface area contributed by atoms with Crippen LogP contribution in [0.3, 0.4) is 0 Å². The lowest BCUT2D eigenvalue weighted by Gasteiger charge is -2.23. The topological polar surface area (TPSA) is 157 Å². The molecule has 0 bridgehead atoms. The van der Waals surface area contributed by atoms with Gasteiger partial charge in [0.2, 0.25) is 0 Å². The highest BCUT2D eigenvalue weighted by atomic mass is 17.0. The minimum atomic E-state index is -1.47. The molecule has 0 aliphatic heterocycles. The summed E-state index contributed by atoms with van der Waals surface area (Å²) in [5, 5.41) is 27.4. The maximum absolute atomic E-state index is 10.3. The third kappa shape index (κ3) is 2.16. The van der Waals surface area contributed by atoms with Gasteiger partial charge in [0, 0.05) is 0 Å². The molecule has 0 radical (unpaired) electrons. The average Bonchev–Trinajstić information content (AvgIpc) is 2.93. The first-order chi connectivity index (χ1) is 8.40. The Hall–Kier alpha value is -2.40. The first kappa shape index (κ1) is 12.1. The minimum absolute atomic E-state index is 0.398. The quantitative estimate of drug-likeness (QED) is 0.450. The van der Waals surface area contributed by atoms with Crippen LogP contribution in [0.4, 0.5) is 0 Å². The number of rotatable bonds is 6. The van der Waals surface area contributed by atoms with Crippen molar-refractivity contribution in [3.05, 3.63) is 30.3 Å². The molecule has 0 aromatic rings. The van der Waals surface area contributed by atoms with Crippen molar-refractivity contribution in [2.24, 2.45) is 11.8 Å². The molecule has 0 aromatic heterocycles. The van der Waals surface area contributed by atoms with E-state index in [9.17, 15) is 30.3 Å². The van der Waals surface area contributed by atoms with Crippen molar-refractivity contribution in [2.45, 2.75) is 24.7 Å². The summed E-state index contributed by atoms with van der Waals surface area (Å²) in [6, 6.07) is 0. The van der Waals surface area contributed by atoms with Gasteiger partial charge in [-0.25, -0.2) is 0 Å². The van der Waals surface area contributed by atoms with Gasteiger partial charge >= 0.3 is 0 Å². The van der Waals surface area contributed by atoms with E-state index in [0.717, 1.165) is 0 Å². The molecule has 100 valence electrons. The van der Waals surface area contributed by atoms with Gasteiger partial charge in [0.05, 0.1) is 0 Å². The van der Waals surface area contributed by atoms with Gasteiger partial charge in [-0.1, -0.05) is 0 Å². The molecule has 0 amide bonds. The molecule has 2 rings (SSSR count). The first-order valence-electron chi connectivity index (χ1n) is 4.83. The van der Waals surface area contributed by atoms with Crippen LogP contribution in [0.1, 0.15) is 6.42 Å². The van der Waals surface area contributed by atoms with E-state index < -0.39 is 45.4 Å². The Morgan fingerprint density at radius 2 is 1.06 bits per heavy atom. The molecule has 0 saturated heterocycles. The normalized spacial score (nSPS) is 36.3. The zero-order valence-electron chi connectivity index (χ0n) is 8.61. The van der Waals surface area contributed by atoms with Gasteiger partial charge in [-0.3, -0.25) is 0 Å². The van der Waals surface area contributed by atoms with Crippen molar-refractivity contribution in [1.82, 2.24) is 0 Å². The van der Waals surface area contributed by atoms with Crippen LogP contribution in [0.5, 0.6) is 0 Å². The molecule has 12 heteroatoms. The van der Waals surface area contributed by atoms with Crippen LogP contribution >= 0.6 is 0 Å². The highest BCUT2D eigenvalue weighted by molar-refractivity contribution is 5.09. The molecule has 0 spiro atoms. The zero-order valence-corrected chi connectivity index (χ0v) is 8.61. The highest BCUT2D eigenvalue weighted by Crippen LogP contribution is 2.55. The molecule has 2 aliphatic carbocycles. The summed E-state index contributed by atoms with van der Waals surface area (Å²) in [4.78, 5) is 43.6.